The van der Waals surface area contributed by atoms with E-state index in [1.807, 2.05) is 12.1 Å². The Morgan fingerprint density at radius 3 is 2.54 bits per heavy atom. The van der Waals surface area contributed by atoms with Crippen LogP contribution in [-0.4, -0.2) is 40.8 Å². The number of aryl methyl sites for hydroxylation is 1. The molecule has 0 atom stereocenters. The summed E-state index contributed by atoms with van der Waals surface area (Å²) >= 11 is 0. The van der Waals surface area contributed by atoms with Gasteiger partial charge in [0.15, 0.2) is 0 Å². The van der Waals surface area contributed by atoms with Gasteiger partial charge in [-0.05, 0) is 74.3 Å². The third-order valence-electron chi connectivity index (χ3n) is 4.73. The lowest BCUT2D eigenvalue weighted by Gasteiger charge is -2.26. The van der Waals surface area contributed by atoms with Gasteiger partial charge >= 0.3 is 0 Å². The van der Waals surface area contributed by atoms with Gasteiger partial charge in [0.2, 0.25) is 0 Å². The maximum atomic E-state index is 9.46. The fourth-order valence-corrected chi connectivity index (χ4v) is 3.35. The number of hydrogen-bond donors (Lipinski definition) is 1. The third-order valence-corrected chi connectivity index (χ3v) is 4.73. The number of nitrogens with zero attached hydrogens (tertiary/aromatic N) is 2. The zero-order valence-electron chi connectivity index (χ0n) is 14.6. The van der Waals surface area contributed by atoms with E-state index in [9.17, 15) is 5.11 Å². The molecule has 0 spiro atoms. The predicted octanol–water partition coefficient (Wildman–Crippen LogP) is 3.88. The maximum absolute atomic E-state index is 9.46. The van der Waals surface area contributed by atoms with Crippen molar-refractivity contribution in [2.45, 2.75) is 39.3 Å². The minimum absolute atomic E-state index is 0.301. The first-order valence-electron chi connectivity index (χ1n) is 9.05. The number of ether oxygens (including phenoxy) is 1. The molecule has 1 aromatic heterocycles. The van der Waals surface area contributed by atoms with Crippen molar-refractivity contribution in [2.75, 3.05) is 26.2 Å². The summed E-state index contributed by atoms with van der Waals surface area (Å²) in [6, 6.07) is 9.57. The molecule has 1 N–H and O–H groups in total. The summed E-state index contributed by atoms with van der Waals surface area (Å²) < 4.78 is 8.13. The number of rotatable bonds is 7. The largest absolute Gasteiger partial charge is 0.508 e. The molecule has 0 unspecified atom stereocenters. The van der Waals surface area contributed by atoms with Crippen LogP contribution < -0.4 is 0 Å². The lowest BCUT2D eigenvalue weighted by molar-refractivity contribution is 0.0863. The first kappa shape index (κ1) is 17.1. The van der Waals surface area contributed by atoms with Gasteiger partial charge < -0.3 is 19.3 Å². The molecule has 1 aliphatic heterocycles. The lowest BCUT2D eigenvalue weighted by atomic mass is 10.1. The molecule has 1 fully saturated rings. The number of phenolic OH excluding ortho intramolecular Hbond substituents is 1. The Hall–Kier alpha value is -1.78. The van der Waals surface area contributed by atoms with Gasteiger partial charge in [0.1, 0.15) is 5.75 Å². The Morgan fingerprint density at radius 2 is 1.83 bits per heavy atom. The summed E-state index contributed by atoms with van der Waals surface area (Å²) in [6.07, 6.45) is 6.20. The van der Waals surface area contributed by atoms with Crippen molar-refractivity contribution in [3.63, 3.8) is 0 Å². The molecular weight excluding hydrogens is 300 g/mol. The maximum Gasteiger partial charge on any atom is 0.115 e. The van der Waals surface area contributed by atoms with Gasteiger partial charge in [-0.2, -0.15) is 0 Å². The van der Waals surface area contributed by atoms with Gasteiger partial charge in [-0.25, -0.2) is 0 Å². The smallest absolute Gasteiger partial charge is 0.115 e. The Morgan fingerprint density at radius 1 is 1.08 bits per heavy atom. The second-order valence-corrected chi connectivity index (χ2v) is 6.52. The van der Waals surface area contributed by atoms with Crippen molar-refractivity contribution in [1.82, 2.24) is 9.47 Å². The molecule has 0 bridgehead atoms. The molecule has 2 aromatic rings. The third kappa shape index (κ3) is 4.40. The summed E-state index contributed by atoms with van der Waals surface area (Å²) in [6.45, 7) is 8.01. The number of aromatic hydroxyl groups is 1. The molecule has 2 heterocycles. The molecule has 4 nitrogen and oxygen atoms in total. The molecule has 3 rings (SSSR count). The highest BCUT2D eigenvalue weighted by atomic mass is 16.5. The summed E-state index contributed by atoms with van der Waals surface area (Å²) in [4.78, 5) is 2.50. The van der Waals surface area contributed by atoms with Gasteiger partial charge in [0, 0.05) is 25.0 Å². The van der Waals surface area contributed by atoms with Gasteiger partial charge in [-0.3, -0.25) is 0 Å². The monoisotopic (exact) mass is 328 g/mol. The van der Waals surface area contributed by atoms with Crippen LogP contribution in [0.1, 0.15) is 31.7 Å². The highest BCUT2D eigenvalue weighted by Gasteiger charge is 2.10. The molecule has 1 aliphatic rings. The van der Waals surface area contributed by atoms with E-state index < -0.39 is 0 Å². The van der Waals surface area contributed by atoms with Crippen molar-refractivity contribution in [3.8, 4) is 17.0 Å². The zero-order chi connectivity index (χ0) is 16.8. The summed E-state index contributed by atoms with van der Waals surface area (Å²) in [5.41, 5.74) is 3.50. The Bertz CT molecular complexity index is 628. The second kappa shape index (κ2) is 8.36. The average molecular weight is 328 g/mol. The summed E-state index contributed by atoms with van der Waals surface area (Å²) in [7, 11) is 0. The number of benzene rings is 1. The molecule has 4 heteroatoms. The predicted molar refractivity (Wildman–Crippen MR) is 97.2 cm³/mol. The second-order valence-electron chi connectivity index (χ2n) is 6.52. The highest BCUT2D eigenvalue weighted by molar-refractivity contribution is 5.62. The van der Waals surface area contributed by atoms with Crippen LogP contribution in [0.3, 0.4) is 0 Å². The standard InChI is InChI=1S/C20H28N2O2/c1-2-22-15-17(14-20(22)18-6-8-19(23)9-7-18)16-24-13-12-21-10-4-3-5-11-21/h6-9,14-15,23H,2-5,10-13,16H2,1H3. The quantitative estimate of drug-likeness (QED) is 0.784. The Kier molecular flexibility index (Phi) is 5.94. The normalized spacial score (nSPS) is 15.7. The Labute approximate surface area is 144 Å². The van der Waals surface area contributed by atoms with Gasteiger partial charge in [0.25, 0.3) is 0 Å². The molecular formula is C20H28N2O2. The number of likely N-dealkylation sites (tertiary alicyclic amines) is 1. The van der Waals surface area contributed by atoms with Gasteiger partial charge in [-0.15, -0.1) is 0 Å². The van der Waals surface area contributed by atoms with E-state index in [0.29, 0.717) is 12.4 Å². The van der Waals surface area contributed by atoms with Crippen LogP contribution in [0.2, 0.25) is 0 Å². The van der Waals surface area contributed by atoms with Crippen LogP contribution in [0.15, 0.2) is 36.5 Å². The molecule has 24 heavy (non-hydrogen) atoms. The average Bonchev–Trinajstić information content (AvgIpc) is 3.03. The number of hydrogen-bond acceptors (Lipinski definition) is 3. The molecule has 0 amide bonds. The van der Waals surface area contributed by atoms with E-state index in [1.54, 1.807) is 12.1 Å². The van der Waals surface area contributed by atoms with Crippen molar-refractivity contribution in [1.29, 1.82) is 0 Å². The number of aromatic nitrogens is 1. The van der Waals surface area contributed by atoms with Crippen molar-refractivity contribution >= 4 is 0 Å². The minimum atomic E-state index is 0.301. The molecule has 1 saturated heterocycles. The van der Waals surface area contributed by atoms with Crippen LogP contribution in [-0.2, 0) is 17.9 Å². The fraction of sp³-hybridized carbons (Fsp3) is 0.500. The SMILES string of the molecule is CCn1cc(COCCN2CCCCC2)cc1-c1ccc(O)cc1. The number of phenols is 1. The van der Waals surface area contributed by atoms with Crippen molar-refractivity contribution < 1.29 is 9.84 Å². The van der Waals surface area contributed by atoms with E-state index in [-0.39, 0.29) is 0 Å². The van der Waals surface area contributed by atoms with E-state index in [1.165, 1.54) is 43.6 Å². The highest BCUT2D eigenvalue weighted by Crippen LogP contribution is 2.25. The van der Waals surface area contributed by atoms with Crippen LogP contribution in [0, 0.1) is 0 Å². The first-order valence-corrected chi connectivity index (χ1v) is 9.05. The van der Waals surface area contributed by atoms with E-state index in [0.717, 1.165) is 25.3 Å². The fourth-order valence-electron chi connectivity index (χ4n) is 3.35. The molecule has 0 saturated carbocycles. The number of piperidine rings is 1. The van der Waals surface area contributed by atoms with Crippen LogP contribution in [0.5, 0.6) is 5.75 Å². The van der Waals surface area contributed by atoms with E-state index in [4.69, 9.17) is 4.74 Å². The molecule has 0 radical (unpaired) electrons. The summed E-state index contributed by atoms with van der Waals surface area (Å²) in [5.74, 6) is 0.301. The topological polar surface area (TPSA) is 37.6 Å². The van der Waals surface area contributed by atoms with Crippen molar-refractivity contribution in [2.24, 2.45) is 0 Å². The van der Waals surface area contributed by atoms with Gasteiger partial charge in [0.05, 0.1) is 13.2 Å². The Balaban J connectivity index is 1.55. The zero-order valence-corrected chi connectivity index (χ0v) is 14.6. The molecule has 1 aromatic carbocycles. The van der Waals surface area contributed by atoms with Gasteiger partial charge in [-0.1, -0.05) is 6.42 Å². The van der Waals surface area contributed by atoms with Crippen LogP contribution >= 0.6 is 0 Å². The minimum Gasteiger partial charge on any atom is -0.508 e. The van der Waals surface area contributed by atoms with E-state index >= 15 is 0 Å². The van der Waals surface area contributed by atoms with Crippen LogP contribution in [0.4, 0.5) is 0 Å². The summed E-state index contributed by atoms with van der Waals surface area (Å²) in [5, 5.41) is 9.46. The first-order chi connectivity index (χ1) is 11.8. The molecule has 130 valence electrons. The van der Waals surface area contributed by atoms with E-state index in [2.05, 4.69) is 28.7 Å². The van der Waals surface area contributed by atoms with Crippen molar-refractivity contribution in [3.05, 3.63) is 42.1 Å². The van der Waals surface area contributed by atoms with Crippen LogP contribution in [0.25, 0.3) is 11.3 Å². The molecule has 0 aliphatic carbocycles. The lowest BCUT2D eigenvalue weighted by Crippen LogP contribution is -2.32.